The molecule has 1 fully saturated rings. The molecule has 1 aliphatic rings. The van der Waals surface area contributed by atoms with Crippen LogP contribution in [0.5, 0.6) is 5.75 Å². The van der Waals surface area contributed by atoms with Crippen molar-refractivity contribution in [2.24, 2.45) is 0 Å². The van der Waals surface area contributed by atoms with Crippen LogP contribution >= 0.6 is 15.9 Å². The summed E-state index contributed by atoms with van der Waals surface area (Å²) in [5.41, 5.74) is 1.20. The fourth-order valence-electron chi connectivity index (χ4n) is 1.96. The molecule has 1 N–H and O–H groups in total. The lowest BCUT2D eigenvalue weighted by atomic mass is 10.2. The van der Waals surface area contributed by atoms with Gasteiger partial charge in [0.1, 0.15) is 5.75 Å². The van der Waals surface area contributed by atoms with Crippen molar-refractivity contribution in [3.05, 3.63) is 40.0 Å². The Bertz CT molecular complexity index is 611. The molecule has 0 spiro atoms. The van der Waals surface area contributed by atoms with E-state index in [0.29, 0.717) is 24.4 Å². The fourth-order valence-corrected chi connectivity index (χ4v) is 2.35. The topological polar surface area (TPSA) is 60.2 Å². The summed E-state index contributed by atoms with van der Waals surface area (Å²) in [7, 11) is 0. The van der Waals surface area contributed by atoms with Crippen molar-refractivity contribution in [2.75, 3.05) is 0 Å². The highest BCUT2D eigenvalue weighted by molar-refractivity contribution is 9.10. The molecule has 0 saturated heterocycles. The normalized spacial score (nSPS) is 14.4. The molecule has 2 aromatic rings. The van der Waals surface area contributed by atoms with Crippen molar-refractivity contribution >= 4 is 15.9 Å². The van der Waals surface area contributed by atoms with Gasteiger partial charge in [0.2, 0.25) is 11.7 Å². The Labute approximate surface area is 132 Å². The number of hydrogen-bond acceptors (Lipinski definition) is 5. The molecule has 1 heterocycles. The second-order valence-electron chi connectivity index (χ2n) is 5.15. The number of aryl methyl sites for hydroxylation is 1. The summed E-state index contributed by atoms with van der Waals surface area (Å²) in [6, 6.07) is 6.67. The first-order chi connectivity index (χ1) is 10.2. The second-order valence-corrected chi connectivity index (χ2v) is 6.01. The summed E-state index contributed by atoms with van der Waals surface area (Å²) in [5.74, 6) is 2.03. The number of nitrogens with one attached hydrogen (secondary N) is 1. The minimum absolute atomic E-state index is 0.320. The van der Waals surface area contributed by atoms with Crippen LogP contribution in [0.3, 0.4) is 0 Å². The average Bonchev–Trinajstić information content (AvgIpc) is 3.21. The van der Waals surface area contributed by atoms with Crippen LogP contribution in [0.2, 0.25) is 0 Å². The Morgan fingerprint density at radius 2 is 2.29 bits per heavy atom. The largest absolute Gasteiger partial charge is 0.485 e. The van der Waals surface area contributed by atoms with E-state index in [9.17, 15) is 0 Å². The summed E-state index contributed by atoms with van der Waals surface area (Å²) in [6.45, 7) is 3.15. The van der Waals surface area contributed by atoms with Gasteiger partial charge in [-0.05, 0) is 36.6 Å². The van der Waals surface area contributed by atoms with E-state index in [4.69, 9.17) is 9.26 Å². The van der Waals surface area contributed by atoms with Crippen molar-refractivity contribution in [1.82, 2.24) is 15.5 Å². The van der Waals surface area contributed by atoms with Gasteiger partial charge in [-0.1, -0.05) is 28.0 Å². The maximum Gasteiger partial charge on any atom is 0.226 e. The van der Waals surface area contributed by atoms with E-state index in [2.05, 4.69) is 31.4 Å². The van der Waals surface area contributed by atoms with Crippen molar-refractivity contribution < 1.29 is 9.26 Å². The van der Waals surface area contributed by atoms with E-state index < -0.39 is 0 Å². The summed E-state index contributed by atoms with van der Waals surface area (Å²) >= 11 is 3.57. The van der Waals surface area contributed by atoms with E-state index in [1.54, 1.807) is 0 Å². The lowest BCUT2D eigenvalue weighted by Crippen LogP contribution is -2.15. The summed E-state index contributed by atoms with van der Waals surface area (Å²) < 4.78 is 11.9. The predicted molar refractivity (Wildman–Crippen MR) is 82.0 cm³/mol. The smallest absolute Gasteiger partial charge is 0.226 e. The zero-order valence-corrected chi connectivity index (χ0v) is 13.5. The van der Waals surface area contributed by atoms with Gasteiger partial charge >= 0.3 is 0 Å². The van der Waals surface area contributed by atoms with Gasteiger partial charge in [-0.25, -0.2) is 0 Å². The van der Waals surface area contributed by atoms with Crippen molar-refractivity contribution in [3.8, 4) is 5.75 Å². The first-order valence-electron chi connectivity index (χ1n) is 7.20. The van der Waals surface area contributed by atoms with Crippen LogP contribution < -0.4 is 10.1 Å². The van der Waals surface area contributed by atoms with Crippen molar-refractivity contribution in [2.45, 2.75) is 45.4 Å². The standard InChI is InChI=1S/C15H18BrN3O2/c1-2-15-18-14(19-21-15)9-20-12-5-6-13(16)10(7-12)8-17-11-3-4-11/h5-7,11,17H,2-4,8-9H2,1H3. The number of ether oxygens (including phenoxy) is 1. The van der Waals surface area contributed by atoms with Crippen LogP contribution in [-0.4, -0.2) is 16.2 Å². The van der Waals surface area contributed by atoms with Gasteiger partial charge in [0.15, 0.2) is 6.61 Å². The summed E-state index contributed by atoms with van der Waals surface area (Å²) in [4.78, 5) is 4.23. The molecule has 0 bridgehead atoms. The molecule has 0 unspecified atom stereocenters. The molecule has 1 saturated carbocycles. The van der Waals surface area contributed by atoms with Gasteiger partial charge in [-0.3, -0.25) is 0 Å². The first-order valence-corrected chi connectivity index (χ1v) is 8.00. The first kappa shape index (κ1) is 14.5. The highest BCUT2D eigenvalue weighted by Gasteiger charge is 2.20. The molecule has 1 aliphatic carbocycles. The Hall–Kier alpha value is -1.40. The van der Waals surface area contributed by atoms with Gasteiger partial charge in [-0.2, -0.15) is 4.98 Å². The summed E-state index contributed by atoms with van der Waals surface area (Å²) in [6.07, 6.45) is 3.30. The zero-order chi connectivity index (χ0) is 14.7. The van der Waals surface area contributed by atoms with Gasteiger partial charge in [0.05, 0.1) is 0 Å². The van der Waals surface area contributed by atoms with Crippen molar-refractivity contribution in [3.63, 3.8) is 0 Å². The molecule has 0 atom stereocenters. The number of aromatic nitrogens is 2. The lowest BCUT2D eigenvalue weighted by molar-refractivity contribution is 0.285. The number of halogens is 1. The number of benzene rings is 1. The Kier molecular flexibility index (Phi) is 4.55. The van der Waals surface area contributed by atoms with Gasteiger partial charge in [-0.15, -0.1) is 0 Å². The molecule has 6 heteroatoms. The van der Waals surface area contributed by atoms with E-state index in [1.165, 1.54) is 18.4 Å². The van der Waals surface area contributed by atoms with E-state index in [1.807, 2.05) is 25.1 Å². The summed E-state index contributed by atoms with van der Waals surface area (Å²) in [5, 5.41) is 7.38. The molecule has 3 rings (SSSR count). The van der Waals surface area contributed by atoms with Crippen LogP contribution in [0.4, 0.5) is 0 Å². The van der Waals surface area contributed by atoms with Crippen LogP contribution in [0.15, 0.2) is 27.2 Å². The van der Waals surface area contributed by atoms with Crippen molar-refractivity contribution in [1.29, 1.82) is 0 Å². The predicted octanol–water partition coefficient (Wildman–Crippen LogP) is 3.23. The van der Waals surface area contributed by atoms with Gasteiger partial charge in [0, 0.05) is 23.5 Å². The van der Waals surface area contributed by atoms with E-state index >= 15 is 0 Å². The van der Waals surface area contributed by atoms with Crippen LogP contribution in [0.1, 0.15) is 37.0 Å². The highest BCUT2D eigenvalue weighted by atomic mass is 79.9. The van der Waals surface area contributed by atoms with E-state index in [-0.39, 0.29) is 0 Å². The number of rotatable bonds is 7. The molecule has 1 aromatic carbocycles. The molecule has 0 aliphatic heterocycles. The molecule has 1 aromatic heterocycles. The van der Waals surface area contributed by atoms with Crippen LogP contribution in [0, 0.1) is 0 Å². The third-order valence-electron chi connectivity index (χ3n) is 3.36. The Morgan fingerprint density at radius 3 is 3.00 bits per heavy atom. The minimum Gasteiger partial charge on any atom is -0.485 e. The van der Waals surface area contributed by atoms with Crippen LogP contribution in [-0.2, 0) is 19.6 Å². The van der Waals surface area contributed by atoms with Gasteiger partial charge < -0.3 is 14.6 Å². The molecule has 0 radical (unpaired) electrons. The Balaban J connectivity index is 1.60. The maximum atomic E-state index is 5.73. The molecule has 5 nitrogen and oxygen atoms in total. The Morgan fingerprint density at radius 1 is 1.43 bits per heavy atom. The molecular weight excluding hydrogens is 334 g/mol. The highest BCUT2D eigenvalue weighted by Crippen LogP contribution is 2.25. The number of hydrogen-bond donors (Lipinski definition) is 1. The lowest BCUT2D eigenvalue weighted by Gasteiger charge is -2.09. The SMILES string of the molecule is CCc1nc(COc2ccc(Br)c(CNC3CC3)c2)no1. The third-order valence-corrected chi connectivity index (χ3v) is 4.13. The zero-order valence-electron chi connectivity index (χ0n) is 11.9. The third kappa shape index (κ3) is 4.04. The monoisotopic (exact) mass is 351 g/mol. The molecule has 21 heavy (non-hydrogen) atoms. The fraction of sp³-hybridized carbons (Fsp3) is 0.467. The maximum absolute atomic E-state index is 5.73. The average molecular weight is 352 g/mol. The number of nitrogens with zero attached hydrogens (tertiary/aromatic N) is 2. The van der Waals surface area contributed by atoms with E-state index in [0.717, 1.165) is 23.2 Å². The quantitative estimate of drug-likeness (QED) is 0.829. The molecular formula is C15H18BrN3O2. The minimum atomic E-state index is 0.320. The molecule has 112 valence electrons. The second kappa shape index (κ2) is 6.58. The van der Waals surface area contributed by atoms with Gasteiger partial charge in [0.25, 0.3) is 0 Å². The van der Waals surface area contributed by atoms with Crippen LogP contribution in [0.25, 0.3) is 0 Å². The molecule has 0 amide bonds.